The highest BCUT2D eigenvalue weighted by Gasteiger charge is 2.60. The van der Waals surface area contributed by atoms with Crippen LogP contribution in [-0.2, 0) is 43.6 Å². The zero-order valence-corrected chi connectivity index (χ0v) is 25.3. The van der Waals surface area contributed by atoms with Crippen molar-refractivity contribution in [3.8, 4) is 17.0 Å². The Kier molecular flexibility index (Phi) is 6.89. The van der Waals surface area contributed by atoms with Crippen LogP contribution in [0.1, 0.15) is 59.0 Å². The van der Waals surface area contributed by atoms with Gasteiger partial charge < -0.3 is 19.8 Å². The molecule has 0 saturated heterocycles. The number of benzene rings is 1. The van der Waals surface area contributed by atoms with Crippen LogP contribution in [0.25, 0.3) is 11.1 Å². The summed E-state index contributed by atoms with van der Waals surface area (Å²) in [4.78, 5) is 22.2. The molecule has 0 spiro atoms. The van der Waals surface area contributed by atoms with E-state index in [0.29, 0.717) is 43.6 Å². The Hall–Kier alpha value is -4.52. The molecular weight excluding hydrogens is 606 g/mol. The van der Waals surface area contributed by atoms with Gasteiger partial charge in [-0.05, 0) is 74.1 Å². The van der Waals surface area contributed by atoms with Crippen molar-refractivity contribution in [3.05, 3.63) is 87.7 Å². The summed E-state index contributed by atoms with van der Waals surface area (Å²) in [5.74, 6) is -1.54. The molecule has 1 saturated carbocycles. The van der Waals surface area contributed by atoms with Crippen LogP contribution in [0, 0.1) is 24.6 Å². The number of hydrogen-bond acceptors (Lipinski definition) is 7. The van der Waals surface area contributed by atoms with Gasteiger partial charge in [-0.3, -0.25) is 9.48 Å². The number of ether oxygens (including phenoxy) is 1. The van der Waals surface area contributed by atoms with Gasteiger partial charge in [-0.25, -0.2) is 14.4 Å². The van der Waals surface area contributed by atoms with E-state index in [1.165, 1.54) is 0 Å². The van der Waals surface area contributed by atoms with Crippen LogP contribution in [0.3, 0.4) is 0 Å². The number of fused-ring (bicyclic) bond motifs is 4. The molecule has 1 aromatic carbocycles. The summed E-state index contributed by atoms with van der Waals surface area (Å²) < 4.78 is 64.9. The summed E-state index contributed by atoms with van der Waals surface area (Å²) in [5.41, 5.74) is 1.86. The summed E-state index contributed by atoms with van der Waals surface area (Å²) in [7, 11) is 0. The van der Waals surface area contributed by atoms with Crippen molar-refractivity contribution in [2.24, 2.45) is 11.8 Å². The minimum atomic E-state index is -4.82. The monoisotopic (exact) mass is 637 g/mol. The Balaban J connectivity index is 1.11. The Morgan fingerprint density at radius 1 is 1.11 bits per heavy atom. The van der Waals surface area contributed by atoms with Gasteiger partial charge in [-0.15, -0.1) is 0 Å². The van der Waals surface area contributed by atoms with E-state index < -0.39 is 35.0 Å². The number of aromatic nitrogens is 4. The van der Waals surface area contributed by atoms with Gasteiger partial charge in [0, 0.05) is 53.3 Å². The first kappa shape index (κ1) is 30.2. The van der Waals surface area contributed by atoms with Gasteiger partial charge in [0.05, 0.1) is 35.9 Å². The van der Waals surface area contributed by atoms with E-state index in [1.807, 2.05) is 11.1 Å². The van der Waals surface area contributed by atoms with Crippen LogP contribution in [0.4, 0.5) is 23.4 Å². The van der Waals surface area contributed by atoms with Gasteiger partial charge in [-0.2, -0.15) is 18.3 Å². The molecule has 4 heterocycles. The fourth-order valence-corrected chi connectivity index (χ4v) is 6.88. The van der Waals surface area contributed by atoms with Gasteiger partial charge in [0.2, 0.25) is 5.88 Å². The molecule has 4 aromatic rings. The minimum Gasteiger partial charge on any atom is -0.481 e. The summed E-state index contributed by atoms with van der Waals surface area (Å²) in [6, 6.07) is 6.54. The lowest BCUT2D eigenvalue weighted by atomic mass is 9.95. The van der Waals surface area contributed by atoms with Crippen LogP contribution in [0.5, 0.6) is 5.88 Å². The molecule has 240 valence electrons. The zero-order chi connectivity index (χ0) is 32.7. The number of carboxylic acid groups (broad SMARTS) is 1. The predicted molar refractivity (Wildman–Crippen MR) is 157 cm³/mol. The van der Waals surface area contributed by atoms with Crippen molar-refractivity contribution in [3.63, 3.8) is 0 Å². The number of alkyl halides is 3. The molecule has 2 aliphatic carbocycles. The van der Waals surface area contributed by atoms with E-state index in [9.17, 15) is 28.2 Å². The average molecular weight is 638 g/mol. The minimum absolute atomic E-state index is 0.0357. The molecule has 3 atom stereocenters. The molecule has 0 amide bonds. The Morgan fingerprint density at radius 2 is 1.89 bits per heavy atom. The van der Waals surface area contributed by atoms with Crippen molar-refractivity contribution >= 4 is 11.8 Å². The Morgan fingerprint density at radius 3 is 2.57 bits per heavy atom. The van der Waals surface area contributed by atoms with Crippen LogP contribution in [0.2, 0.25) is 0 Å². The molecule has 0 bridgehead atoms. The number of carbonyl (C=O) groups is 1. The first-order valence-corrected chi connectivity index (χ1v) is 14.9. The SMILES string of the molecule is Cc1nc(N2Cc3cn(CC(C)(C)O)nc3C2)ccc1-c1cc(COc2cc3c(cn2)C2C(C3)C2C(=O)O)c(F)cc1C(F)(F)F. The lowest BCUT2D eigenvalue weighted by molar-refractivity contribution is -0.139. The normalized spacial score (nSPS) is 20.0. The number of aryl methyl sites for hydroxylation is 1. The highest BCUT2D eigenvalue weighted by molar-refractivity contribution is 5.78. The average Bonchev–Trinajstić information content (AvgIpc) is 3.18. The van der Waals surface area contributed by atoms with Crippen LogP contribution in [-0.4, -0.2) is 41.5 Å². The van der Waals surface area contributed by atoms with E-state index in [0.717, 1.165) is 28.5 Å². The number of anilines is 1. The van der Waals surface area contributed by atoms with Gasteiger partial charge in [-0.1, -0.05) is 0 Å². The van der Waals surface area contributed by atoms with Gasteiger partial charge in [0.15, 0.2) is 0 Å². The number of halogens is 4. The predicted octanol–water partition coefficient (Wildman–Crippen LogP) is 5.65. The lowest BCUT2D eigenvalue weighted by Crippen LogP contribution is -2.27. The summed E-state index contributed by atoms with van der Waals surface area (Å²) in [5, 5.41) is 24.0. The van der Waals surface area contributed by atoms with Crippen molar-refractivity contribution < 1.29 is 37.3 Å². The molecule has 0 radical (unpaired) electrons. The van der Waals surface area contributed by atoms with Crippen LogP contribution < -0.4 is 9.64 Å². The van der Waals surface area contributed by atoms with Crippen molar-refractivity contribution in [2.75, 3.05) is 4.90 Å². The first-order valence-electron chi connectivity index (χ1n) is 14.9. The third-order valence-electron chi connectivity index (χ3n) is 9.00. The van der Waals surface area contributed by atoms with E-state index in [1.54, 1.807) is 49.8 Å². The zero-order valence-electron chi connectivity index (χ0n) is 25.3. The van der Waals surface area contributed by atoms with E-state index >= 15 is 4.39 Å². The highest BCUT2D eigenvalue weighted by atomic mass is 19.4. The molecule has 2 N–H and O–H groups in total. The van der Waals surface area contributed by atoms with Gasteiger partial charge in [0.1, 0.15) is 18.2 Å². The van der Waals surface area contributed by atoms with Crippen LogP contribution in [0.15, 0.2) is 42.7 Å². The second kappa shape index (κ2) is 10.5. The largest absolute Gasteiger partial charge is 0.481 e. The number of nitrogens with zero attached hydrogens (tertiary/aromatic N) is 5. The number of carboxylic acids is 1. The molecule has 1 fully saturated rings. The van der Waals surface area contributed by atoms with E-state index in [-0.39, 0.29) is 41.0 Å². The molecule has 3 aromatic heterocycles. The number of hydrogen-bond donors (Lipinski definition) is 2. The number of pyridine rings is 2. The highest BCUT2D eigenvalue weighted by Crippen LogP contribution is 2.61. The number of aliphatic hydroxyl groups is 1. The van der Waals surface area contributed by atoms with Crippen LogP contribution >= 0.6 is 0 Å². The maximum atomic E-state index is 15.1. The van der Waals surface area contributed by atoms with Gasteiger partial charge in [0.25, 0.3) is 0 Å². The van der Waals surface area contributed by atoms with E-state index in [2.05, 4.69) is 15.1 Å². The fraction of sp³-hybridized carbons (Fsp3) is 0.394. The van der Waals surface area contributed by atoms with Crippen molar-refractivity contribution in [2.45, 2.75) is 71.1 Å². The molecule has 13 heteroatoms. The molecule has 3 unspecified atom stereocenters. The number of rotatable bonds is 8. The quantitative estimate of drug-likeness (QED) is 0.239. The summed E-state index contributed by atoms with van der Waals surface area (Å²) >= 11 is 0. The second-order valence-electron chi connectivity index (χ2n) is 13.0. The van der Waals surface area contributed by atoms with Gasteiger partial charge >= 0.3 is 12.1 Å². The molecule has 7 rings (SSSR count). The molecule has 3 aliphatic rings. The maximum Gasteiger partial charge on any atom is 0.417 e. The molecule has 9 nitrogen and oxygen atoms in total. The maximum absolute atomic E-state index is 15.1. The summed E-state index contributed by atoms with van der Waals surface area (Å²) in [6.45, 7) is 5.99. The summed E-state index contributed by atoms with van der Waals surface area (Å²) in [6.07, 6.45) is -0.781. The third-order valence-corrected chi connectivity index (χ3v) is 9.00. The van der Waals surface area contributed by atoms with E-state index in [4.69, 9.17) is 4.74 Å². The van der Waals surface area contributed by atoms with Crippen molar-refractivity contribution in [1.29, 1.82) is 0 Å². The first-order chi connectivity index (χ1) is 21.7. The standard InChI is InChI=1S/C33H31F4N5O4/c1-16-20(4-5-27(39-16)41-11-19-12-42(15-32(2,3)45)40-26(19)13-41)21-7-18(25(34)9-24(21)33(35,36)37)14-46-28-8-17-6-22-29(23(17)10-38-28)30(22)31(43)44/h4-5,7-10,12,22,29-30,45H,6,11,13-15H2,1-3H3,(H,43,44). The topological polar surface area (TPSA) is 114 Å². The fourth-order valence-electron chi connectivity index (χ4n) is 6.88. The molecule has 46 heavy (non-hydrogen) atoms. The second-order valence-corrected chi connectivity index (χ2v) is 13.0. The Labute approximate surface area is 261 Å². The number of aliphatic carboxylic acids is 1. The molecule has 1 aliphatic heterocycles. The smallest absolute Gasteiger partial charge is 0.417 e. The third kappa shape index (κ3) is 5.46. The molecular formula is C33H31F4N5O4. The van der Waals surface area contributed by atoms with Crippen molar-refractivity contribution in [1.82, 2.24) is 19.7 Å². The Bertz CT molecular complexity index is 1860. The lowest BCUT2D eigenvalue weighted by Gasteiger charge is -2.21.